The average Bonchev–Trinajstić information content (AvgIpc) is 3.07. The standard InChI is InChI=1S/C18H23N3O4S/c1-18(2,3)25-17(24)20-10-5-9-19-15(22)12-7-8-13(21-16(12)23)14-6-4-11-26-14/h4,6-8,11H,5,9-10H2,1-3H3,(H,19,22)(H,20,24)(H,21,23). The molecule has 2 heterocycles. The maximum Gasteiger partial charge on any atom is 0.407 e. The number of hydrogen-bond acceptors (Lipinski definition) is 5. The number of thiophene rings is 1. The number of rotatable bonds is 6. The van der Waals surface area contributed by atoms with Gasteiger partial charge in [0.15, 0.2) is 0 Å². The summed E-state index contributed by atoms with van der Waals surface area (Å²) in [5, 5.41) is 7.19. The van der Waals surface area contributed by atoms with Crippen molar-refractivity contribution in [1.82, 2.24) is 15.6 Å². The highest BCUT2D eigenvalue weighted by Gasteiger charge is 2.15. The molecule has 2 amide bonds. The molecular formula is C18H23N3O4S. The summed E-state index contributed by atoms with van der Waals surface area (Å²) in [6.07, 6.45) is 0.0281. The van der Waals surface area contributed by atoms with Crippen LogP contribution in [0.3, 0.4) is 0 Å². The van der Waals surface area contributed by atoms with Crippen LogP contribution in [0.5, 0.6) is 0 Å². The number of amides is 2. The van der Waals surface area contributed by atoms with Gasteiger partial charge in [0.25, 0.3) is 11.5 Å². The molecular weight excluding hydrogens is 354 g/mol. The Labute approximate surface area is 155 Å². The van der Waals surface area contributed by atoms with Crippen LogP contribution in [0, 0.1) is 0 Å². The normalized spacial score (nSPS) is 11.0. The first-order valence-electron chi connectivity index (χ1n) is 8.28. The second-order valence-electron chi connectivity index (χ2n) is 6.63. The molecule has 0 unspecified atom stereocenters. The Kier molecular flexibility index (Phi) is 6.57. The second kappa shape index (κ2) is 8.66. The topological polar surface area (TPSA) is 100 Å². The minimum absolute atomic E-state index is 0.0606. The maximum absolute atomic E-state index is 12.1. The SMILES string of the molecule is CC(C)(C)OC(=O)NCCCNC(=O)c1ccc(-c2cccs2)[nH]c1=O. The van der Waals surface area contributed by atoms with Gasteiger partial charge in [0.05, 0.1) is 10.6 Å². The van der Waals surface area contributed by atoms with E-state index in [1.165, 1.54) is 17.4 Å². The Bertz CT molecular complexity index is 807. The highest BCUT2D eigenvalue weighted by atomic mass is 32.1. The van der Waals surface area contributed by atoms with Crippen LogP contribution in [0.15, 0.2) is 34.4 Å². The molecule has 3 N–H and O–H groups in total. The number of pyridine rings is 1. The first-order chi connectivity index (χ1) is 12.3. The maximum atomic E-state index is 12.1. The van der Waals surface area contributed by atoms with E-state index in [1.807, 2.05) is 17.5 Å². The van der Waals surface area contributed by atoms with E-state index in [0.717, 1.165) is 4.88 Å². The zero-order valence-corrected chi connectivity index (χ0v) is 15.9. The fourth-order valence-corrected chi connectivity index (χ4v) is 2.83. The molecule has 7 nitrogen and oxygen atoms in total. The van der Waals surface area contributed by atoms with Crippen molar-refractivity contribution in [2.24, 2.45) is 0 Å². The summed E-state index contributed by atoms with van der Waals surface area (Å²) in [6.45, 7) is 6.06. The third kappa shape index (κ3) is 6.03. The van der Waals surface area contributed by atoms with Crippen LogP contribution in [0.1, 0.15) is 37.6 Å². The molecule has 0 aliphatic heterocycles. The molecule has 0 saturated heterocycles. The molecule has 8 heteroatoms. The van der Waals surface area contributed by atoms with Crippen molar-refractivity contribution in [1.29, 1.82) is 0 Å². The quantitative estimate of drug-likeness (QED) is 0.674. The van der Waals surface area contributed by atoms with E-state index in [2.05, 4.69) is 15.6 Å². The predicted octanol–water partition coefficient (Wildman–Crippen LogP) is 2.75. The molecule has 26 heavy (non-hydrogen) atoms. The molecule has 0 aliphatic rings. The van der Waals surface area contributed by atoms with E-state index in [-0.39, 0.29) is 5.56 Å². The molecule has 0 fully saturated rings. The monoisotopic (exact) mass is 377 g/mol. The summed E-state index contributed by atoms with van der Waals surface area (Å²) in [5.41, 5.74) is -0.233. The third-order valence-electron chi connectivity index (χ3n) is 3.25. The zero-order chi connectivity index (χ0) is 19.2. The molecule has 0 radical (unpaired) electrons. The van der Waals surface area contributed by atoms with Crippen molar-refractivity contribution in [3.63, 3.8) is 0 Å². The molecule has 0 aromatic carbocycles. The van der Waals surface area contributed by atoms with Gasteiger partial charge in [-0.25, -0.2) is 4.79 Å². The first-order valence-corrected chi connectivity index (χ1v) is 9.16. The smallest absolute Gasteiger partial charge is 0.407 e. The minimum atomic E-state index is -0.547. The average molecular weight is 377 g/mol. The van der Waals surface area contributed by atoms with Crippen molar-refractivity contribution in [3.05, 3.63) is 45.6 Å². The lowest BCUT2D eigenvalue weighted by molar-refractivity contribution is 0.0527. The van der Waals surface area contributed by atoms with Gasteiger partial charge >= 0.3 is 6.09 Å². The fraction of sp³-hybridized carbons (Fsp3) is 0.389. The van der Waals surface area contributed by atoms with E-state index in [4.69, 9.17) is 4.74 Å². The number of aromatic nitrogens is 1. The van der Waals surface area contributed by atoms with Gasteiger partial charge in [-0.15, -0.1) is 11.3 Å². The molecule has 140 valence electrons. The van der Waals surface area contributed by atoms with Gasteiger partial charge in [-0.3, -0.25) is 9.59 Å². The summed E-state index contributed by atoms with van der Waals surface area (Å²) >= 11 is 1.51. The second-order valence-corrected chi connectivity index (χ2v) is 7.58. The van der Waals surface area contributed by atoms with Gasteiger partial charge in [-0.1, -0.05) is 6.07 Å². The molecule has 0 atom stereocenters. The van der Waals surface area contributed by atoms with Gasteiger partial charge in [-0.05, 0) is 50.8 Å². The number of H-pyrrole nitrogens is 1. The zero-order valence-electron chi connectivity index (χ0n) is 15.0. The number of carbonyl (C=O) groups excluding carboxylic acids is 2. The molecule has 2 aromatic heterocycles. The molecule has 0 saturated carbocycles. The van der Waals surface area contributed by atoms with Crippen LogP contribution < -0.4 is 16.2 Å². The van der Waals surface area contributed by atoms with Gasteiger partial charge < -0.3 is 20.4 Å². The van der Waals surface area contributed by atoms with E-state index in [9.17, 15) is 14.4 Å². The van der Waals surface area contributed by atoms with E-state index in [1.54, 1.807) is 26.8 Å². The minimum Gasteiger partial charge on any atom is -0.444 e. The van der Waals surface area contributed by atoms with Crippen molar-refractivity contribution >= 4 is 23.3 Å². The number of nitrogens with one attached hydrogen (secondary N) is 3. The third-order valence-corrected chi connectivity index (χ3v) is 4.15. The van der Waals surface area contributed by atoms with E-state index >= 15 is 0 Å². The molecule has 2 aromatic rings. The van der Waals surface area contributed by atoms with Crippen molar-refractivity contribution in [3.8, 4) is 10.6 Å². The van der Waals surface area contributed by atoms with Crippen LogP contribution in [0.2, 0.25) is 0 Å². The molecule has 0 bridgehead atoms. The van der Waals surface area contributed by atoms with Gasteiger partial charge in [0.2, 0.25) is 0 Å². The lowest BCUT2D eigenvalue weighted by Gasteiger charge is -2.19. The Morgan fingerprint density at radius 2 is 1.88 bits per heavy atom. The lowest BCUT2D eigenvalue weighted by atomic mass is 10.2. The summed E-state index contributed by atoms with van der Waals surface area (Å²) in [6, 6.07) is 7.02. The van der Waals surface area contributed by atoms with Crippen molar-refractivity contribution in [2.75, 3.05) is 13.1 Å². The van der Waals surface area contributed by atoms with Crippen LogP contribution in [0.25, 0.3) is 10.6 Å². The highest BCUT2D eigenvalue weighted by Crippen LogP contribution is 2.21. The Morgan fingerprint density at radius 3 is 2.50 bits per heavy atom. The molecule has 2 rings (SSSR count). The highest BCUT2D eigenvalue weighted by molar-refractivity contribution is 7.13. The van der Waals surface area contributed by atoms with Crippen LogP contribution in [0.4, 0.5) is 4.79 Å². The Balaban J connectivity index is 1.78. The molecule has 0 spiro atoms. The van der Waals surface area contributed by atoms with Crippen molar-refractivity contribution < 1.29 is 14.3 Å². The summed E-state index contributed by atoms with van der Waals surface area (Å²) < 4.78 is 5.11. The Hall–Kier alpha value is -2.61. The summed E-state index contributed by atoms with van der Waals surface area (Å²) in [4.78, 5) is 39.3. The van der Waals surface area contributed by atoms with Crippen LogP contribution in [-0.2, 0) is 4.74 Å². The Morgan fingerprint density at radius 1 is 1.15 bits per heavy atom. The van der Waals surface area contributed by atoms with Crippen LogP contribution >= 0.6 is 11.3 Å². The number of carbonyl (C=O) groups is 2. The molecule has 0 aliphatic carbocycles. The van der Waals surface area contributed by atoms with Crippen LogP contribution in [-0.4, -0.2) is 35.7 Å². The van der Waals surface area contributed by atoms with E-state index in [0.29, 0.717) is 25.2 Å². The van der Waals surface area contributed by atoms with Crippen molar-refractivity contribution in [2.45, 2.75) is 32.8 Å². The summed E-state index contributed by atoms with van der Waals surface area (Å²) in [5.74, 6) is -0.443. The predicted molar refractivity (Wildman–Crippen MR) is 102 cm³/mol. The first kappa shape index (κ1) is 19.7. The lowest BCUT2D eigenvalue weighted by Crippen LogP contribution is -2.35. The van der Waals surface area contributed by atoms with Gasteiger partial charge in [0.1, 0.15) is 11.2 Å². The largest absolute Gasteiger partial charge is 0.444 e. The summed E-state index contributed by atoms with van der Waals surface area (Å²) in [7, 11) is 0. The van der Waals surface area contributed by atoms with Gasteiger partial charge in [-0.2, -0.15) is 0 Å². The number of ether oxygens (including phenoxy) is 1. The number of hydrogen-bond donors (Lipinski definition) is 3. The number of alkyl carbamates (subject to hydrolysis) is 1. The number of aromatic amines is 1. The van der Waals surface area contributed by atoms with Gasteiger partial charge in [0, 0.05) is 13.1 Å². The fourth-order valence-electron chi connectivity index (χ4n) is 2.12. The van der Waals surface area contributed by atoms with E-state index < -0.39 is 23.2 Å².